The van der Waals surface area contributed by atoms with Crippen LogP contribution in [0.3, 0.4) is 0 Å². The lowest BCUT2D eigenvalue weighted by atomic mass is 9.91. The topological polar surface area (TPSA) is 65.2 Å². The van der Waals surface area contributed by atoms with Crippen molar-refractivity contribution in [2.45, 2.75) is 18.9 Å². The van der Waals surface area contributed by atoms with Gasteiger partial charge in [-0.2, -0.15) is 0 Å². The van der Waals surface area contributed by atoms with E-state index in [4.69, 9.17) is 9.15 Å². The molecule has 0 N–H and O–H groups in total. The van der Waals surface area contributed by atoms with Crippen LogP contribution in [0.2, 0.25) is 0 Å². The normalized spacial score (nSPS) is 11.9. The summed E-state index contributed by atoms with van der Waals surface area (Å²) in [4.78, 5) is 13.1. The van der Waals surface area contributed by atoms with Crippen molar-refractivity contribution in [1.82, 2.24) is 10.2 Å². The van der Waals surface area contributed by atoms with Gasteiger partial charge in [-0.05, 0) is 30.2 Å². The van der Waals surface area contributed by atoms with Gasteiger partial charge in [-0.15, -0.1) is 10.2 Å². The molecular weight excluding hydrogens is 364 g/mol. The molecule has 0 unspecified atom stereocenters. The van der Waals surface area contributed by atoms with Gasteiger partial charge in [0.2, 0.25) is 5.89 Å². The van der Waals surface area contributed by atoms with Gasteiger partial charge in [0.05, 0.1) is 0 Å². The molecule has 0 aliphatic heterocycles. The van der Waals surface area contributed by atoms with Crippen LogP contribution in [0.5, 0.6) is 0 Å². The summed E-state index contributed by atoms with van der Waals surface area (Å²) < 4.78 is 11.4. The van der Waals surface area contributed by atoms with Crippen molar-refractivity contribution >= 4 is 5.97 Å². The smallest absolute Gasteiger partial charge is 0.318 e. The summed E-state index contributed by atoms with van der Waals surface area (Å²) >= 11 is 0. The van der Waals surface area contributed by atoms with E-state index in [-0.39, 0.29) is 11.9 Å². The first-order valence-electron chi connectivity index (χ1n) is 9.41. The number of hydrogen-bond acceptors (Lipinski definition) is 5. The number of carbonyl (C=O) groups excluding carboxylic acids is 1. The highest BCUT2D eigenvalue weighted by molar-refractivity contribution is 5.82. The van der Waals surface area contributed by atoms with Crippen LogP contribution in [-0.2, 0) is 9.53 Å². The van der Waals surface area contributed by atoms with Crippen LogP contribution in [0.15, 0.2) is 95.4 Å². The molecule has 3 aromatic carbocycles. The van der Waals surface area contributed by atoms with Crippen LogP contribution in [0.4, 0.5) is 0 Å². The fraction of sp³-hybridized carbons (Fsp3) is 0.125. The van der Waals surface area contributed by atoms with Crippen LogP contribution in [0, 0.1) is 0 Å². The molecule has 0 saturated heterocycles. The molecule has 1 aromatic heterocycles. The number of nitrogens with zero attached hydrogens (tertiary/aromatic N) is 2. The Kier molecular flexibility index (Phi) is 5.47. The molecule has 0 aliphatic rings. The first-order valence-corrected chi connectivity index (χ1v) is 9.41. The monoisotopic (exact) mass is 384 g/mol. The van der Waals surface area contributed by atoms with Crippen LogP contribution in [0.1, 0.15) is 36.0 Å². The summed E-state index contributed by atoms with van der Waals surface area (Å²) in [6, 6.07) is 28.6. The molecule has 144 valence electrons. The van der Waals surface area contributed by atoms with Crippen molar-refractivity contribution in [3.63, 3.8) is 0 Å². The first kappa shape index (κ1) is 18.6. The van der Waals surface area contributed by atoms with Gasteiger partial charge in [0.25, 0.3) is 5.89 Å². The van der Waals surface area contributed by atoms with Crippen LogP contribution >= 0.6 is 0 Å². The zero-order chi connectivity index (χ0) is 20.1. The molecule has 0 saturated carbocycles. The van der Waals surface area contributed by atoms with Gasteiger partial charge in [-0.3, -0.25) is 4.79 Å². The highest BCUT2D eigenvalue weighted by atomic mass is 16.6. The van der Waals surface area contributed by atoms with Gasteiger partial charge in [0, 0.05) is 5.56 Å². The Balaban J connectivity index is 1.56. The second kappa shape index (κ2) is 8.52. The Bertz CT molecular complexity index is 1020. The summed E-state index contributed by atoms with van der Waals surface area (Å²) in [7, 11) is 0. The fourth-order valence-corrected chi connectivity index (χ4v) is 3.14. The van der Waals surface area contributed by atoms with E-state index in [0.717, 1.165) is 16.7 Å². The molecule has 0 radical (unpaired) electrons. The lowest BCUT2D eigenvalue weighted by Crippen LogP contribution is -2.19. The molecule has 5 heteroatoms. The third kappa shape index (κ3) is 4.24. The SMILES string of the molecule is C[C@H](OC(=O)C(c1ccccc1)c1ccccc1)c1nnc(-c2ccccc2)o1. The van der Waals surface area contributed by atoms with Crippen molar-refractivity contribution in [2.24, 2.45) is 0 Å². The van der Waals surface area contributed by atoms with Crippen molar-refractivity contribution in [2.75, 3.05) is 0 Å². The van der Waals surface area contributed by atoms with E-state index < -0.39 is 12.0 Å². The predicted octanol–water partition coefficient (Wildman–Crippen LogP) is 5.17. The van der Waals surface area contributed by atoms with E-state index in [1.165, 1.54) is 0 Å². The van der Waals surface area contributed by atoms with E-state index in [9.17, 15) is 4.79 Å². The van der Waals surface area contributed by atoms with Crippen LogP contribution < -0.4 is 0 Å². The van der Waals surface area contributed by atoms with E-state index in [1.54, 1.807) is 6.92 Å². The first-order chi connectivity index (χ1) is 14.2. The molecule has 1 heterocycles. The molecule has 0 amide bonds. The Hall–Kier alpha value is -3.73. The Morgan fingerprint density at radius 1 is 0.793 bits per heavy atom. The van der Waals surface area contributed by atoms with E-state index in [2.05, 4.69) is 10.2 Å². The number of hydrogen-bond donors (Lipinski definition) is 0. The maximum Gasteiger partial charge on any atom is 0.318 e. The highest BCUT2D eigenvalue weighted by Gasteiger charge is 2.28. The molecule has 0 fully saturated rings. The summed E-state index contributed by atoms with van der Waals surface area (Å²) in [5.74, 6) is -0.242. The lowest BCUT2D eigenvalue weighted by Gasteiger charge is -2.19. The lowest BCUT2D eigenvalue weighted by molar-refractivity contribution is -0.150. The molecule has 4 rings (SSSR count). The Labute approximate surface area is 169 Å². The van der Waals surface area contributed by atoms with E-state index >= 15 is 0 Å². The third-order valence-electron chi connectivity index (χ3n) is 4.60. The maximum atomic E-state index is 13.1. The van der Waals surface area contributed by atoms with Gasteiger partial charge in [-0.1, -0.05) is 78.9 Å². The number of benzene rings is 3. The van der Waals surface area contributed by atoms with E-state index in [0.29, 0.717) is 5.89 Å². The summed E-state index contributed by atoms with van der Waals surface area (Å²) in [5, 5.41) is 8.12. The quantitative estimate of drug-likeness (QED) is 0.429. The third-order valence-corrected chi connectivity index (χ3v) is 4.60. The van der Waals surface area contributed by atoms with Crippen molar-refractivity contribution in [3.05, 3.63) is 108 Å². The number of carbonyl (C=O) groups is 1. The summed E-state index contributed by atoms with van der Waals surface area (Å²) in [6.45, 7) is 1.73. The second-order valence-electron chi connectivity index (χ2n) is 6.64. The molecule has 0 aliphatic carbocycles. The van der Waals surface area contributed by atoms with Crippen LogP contribution in [-0.4, -0.2) is 16.2 Å². The van der Waals surface area contributed by atoms with Gasteiger partial charge in [-0.25, -0.2) is 0 Å². The minimum absolute atomic E-state index is 0.261. The number of esters is 1. The summed E-state index contributed by atoms with van der Waals surface area (Å²) in [6.07, 6.45) is -0.664. The maximum absolute atomic E-state index is 13.1. The molecule has 5 nitrogen and oxygen atoms in total. The van der Waals surface area contributed by atoms with E-state index in [1.807, 2.05) is 91.0 Å². The number of aromatic nitrogens is 2. The molecule has 1 atom stereocenters. The van der Waals surface area contributed by atoms with Gasteiger partial charge in [0.15, 0.2) is 6.10 Å². The van der Waals surface area contributed by atoms with Gasteiger partial charge < -0.3 is 9.15 Å². The molecule has 0 bridgehead atoms. The number of ether oxygens (including phenoxy) is 1. The largest absolute Gasteiger partial charge is 0.452 e. The Morgan fingerprint density at radius 3 is 1.86 bits per heavy atom. The summed E-state index contributed by atoms with van der Waals surface area (Å²) in [5.41, 5.74) is 2.55. The highest BCUT2D eigenvalue weighted by Crippen LogP contribution is 2.29. The predicted molar refractivity (Wildman–Crippen MR) is 109 cm³/mol. The minimum Gasteiger partial charge on any atom is -0.452 e. The zero-order valence-electron chi connectivity index (χ0n) is 15.9. The molecule has 29 heavy (non-hydrogen) atoms. The van der Waals surface area contributed by atoms with Gasteiger partial charge in [0.1, 0.15) is 5.92 Å². The fourth-order valence-electron chi connectivity index (χ4n) is 3.14. The second-order valence-corrected chi connectivity index (χ2v) is 6.64. The van der Waals surface area contributed by atoms with Gasteiger partial charge >= 0.3 is 5.97 Å². The van der Waals surface area contributed by atoms with Crippen molar-refractivity contribution in [1.29, 1.82) is 0 Å². The average molecular weight is 384 g/mol. The molecule has 0 spiro atoms. The zero-order valence-corrected chi connectivity index (χ0v) is 15.9. The average Bonchev–Trinajstić information content (AvgIpc) is 3.27. The minimum atomic E-state index is -0.664. The molecule has 4 aromatic rings. The van der Waals surface area contributed by atoms with Crippen molar-refractivity contribution < 1.29 is 13.9 Å². The van der Waals surface area contributed by atoms with Crippen LogP contribution in [0.25, 0.3) is 11.5 Å². The van der Waals surface area contributed by atoms with Crippen molar-refractivity contribution in [3.8, 4) is 11.5 Å². The molecular formula is C24H20N2O3. The Morgan fingerprint density at radius 2 is 1.31 bits per heavy atom. The standard InChI is InChI=1S/C24H20N2O3/c1-17(22-25-26-23(29-22)20-15-9-4-10-16-20)28-24(27)21(18-11-5-2-6-12-18)19-13-7-3-8-14-19/h2-17,21H,1H3/t17-/m0/s1. The number of rotatable bonds is 6.